The highest BCUT2D eigenvalue weighted by Crippen LogP contribution is 2.45. The summed E-state index contributed by atoms with van der Waals surface area (Å²) < 4.78 is 19.4. The summed E-state index contributed by atoms with van der Waals surface area (Å²) in [4.78, 5) is 37.3. The van der Waals surface area contributed by atoms with E-state index in [1.807, 2.05) is 10.6 Å². The summed E-state index contributed by atoms with van der Waals surface area (Å²) in [6.07, 6.45) is 5.80. The number of nitrogens with zero attached hydrogens (tertiary/aromatic N) is 3. The van der Waals surface area contributed by atoms with Gasteiger partial charge in [-0.3, -0.25) is 14.3 Å². The minimum absolute atomic E-state index is 0.0171. The number of fused-ring (bicyclic) bond motifs is 3. The number of carbonyl (C=O) groups excluding carboxylic acids is 2. The molecule has 1 aromatic carbocycles. The first-order valence-electron chi connectivity index (χ1n) is 12.4. The molecule has 0 bridgehead atoms. The van der Waals surface area contributed by atoms with Gasteiger partial charge in [-0.05, 0) is 43.4 Å². The fraction of sp³-hybridized carbons (Fsp3) is 0.429. The Morgan fingerprint density at radius 3 is 2.43 bits per heavy atom. The minimum atomic E-state index is -0.617. The molecule has 9 nitrogen and oxygen atoms in total. The van der Waals surface area contributed by atoms with Gasteiger partial charge >= 0.3 is 11.9 Å². The third-order valence-electron chi connectivity index (χ3n) is 6.57. The van der Waals surface area contributed by atoms with E-state index in [-0.39, 0.29) is 41.6 Å². The normalized spacial score (nSPS) is 14.5. The number of carbonyl (C=O) groups is 2. The van der Waals surface area contributed by atoms with Gasteiger partial charge in [-0.1, -0.05) is 20.8 Å². The zero-order valence-electron chi connectivity index (χ0n) is 22.2. The first-order valence-corrected chi connectivity index (χ1v) is 12.4. The number of ether oxygens (including phenoxy) is 3. The van der Waals surface area contributed by atoms with Crippen LogP contribution < -0.4 is 10.2 Å². The number of methoxy groups -OCH3 is 1. The molecule has 1 aliphatic rings. The van der Waals surface area contributed by atoms with Gasteiger partial charge in [0.1, 0.15) is 17.9 Å². The summed E-state index contributed by atoms with van der Waals surface area (Å²) >= 11 is 0. The van der Waals surface area contributed by atoms with Gasteiger partial charge in [0.25, 0.3) is 0 Å². The molecule has 1 aliphatic heterocycles. The number of esters is 2. The van der Waals surface area contributed by atoms with Crippen LogP contribution >= 0.6 is 0 Å². The minimum Gasteiger partial charge on any atom is -0.496 e. The average Bonchev–Trinajstić information content (AvgIpc) is 3.30. The molecular weight excluding hydrogens is 474 g/mol. The number of benzene rings is 1. The number of aromatic nitrogens is 3. The van der Waals surface area contributed by atoms with Gasteiger partial charge in [0, 0.05) is 41.2 Å². The van der Waals surface area contributed by atoms with Crippen molar-refractivity contribution in [2.45, 2.75) is 53.6 Å². The Labute approximate surface area is 216 Å². The first kappa shape index (κ1) is 26.2. The van der Waals surface area contributed by atoms with Crippen molar-refractivity contribution in [2.24, 2.45) is 5.41 Å². The van der Waals surface area contributed by atoms with E-state index < -0.39 is 5.97 Å². The van der Waals surface area contributed by atoms with Gasteiger partial charge in [0.15, 0.2) is 5.43 Å². The van der Waals surface area contributed by atoms with Crippen molar-refractivity contribution in [2.75, 3.05) is 20.3 Å². The SMILES string of the molecule is CCOC(=O)Cn1cc(-c2cc3c(cc2OC)-c2cc(=O)c(C(=O)OCC)cn2C(C(C)(C)C)C3)cn1. The van der Waals surface area contributed by atoms with Crippen LogP contribution in [-0.4, -0.2) is 46.6 Å². The molecule has 0 amide bonds. The van der Waals surface area contributed by atoms with Crippen LogP contribution in [-0.2, 0) is 27.2 Å². The molecule has 0 N–H and O–H groups in total. The van der Waals surface area contributed by atoms with E-state index in [0.717, 1.165) is 27.9 Å². The van der Waals surface area contributed by atoms with Gasteiger partial charge in [0.2, 0.25) is 0 Å². The van der Waals surface area contributed by atoms with Crippen LogP contribution in [0.3, 0.4) is 0 Å². The monoisotopic (exact) mass is 507 g/mol. The predicted octanol–water partition coefficient (Wildman–Crippen LogP) is 4.27. The molecule has 4 rings (SSSR count). The Kier molecular flexibility index (Phi) is 7.25. The van der Waals surface area contributed by atoms with Gasteiger partial charge in [0.05, 0.1) is 32.2 Å². The van der Waals surface area contributed by atoms with Crippen LogP contribution in [0.4, 0.5) is 0 Å². The molecule has 37 heavy (non-hydrogen) atoms. The molecule has 0 saturated heterocycles. The molecule has 9 heteroatoms. The summed E-state index contributed by atoms with van der Waals surface area (Å²) in [7, 11) is 1.59. The van der Waals surface area contributed by atoms with Crippen molar-refractivity contribution in [3.05, 3.63) is 58.1 Å². The Balaban J connectivity index is 1.84. The highest BCUT2D eigenvalue weighted by molar-refractivity contribution is 5.89. The van der Waals surface area contributed by atoms with Gasteiger partial charge in [-0.25, -0.2) is 4.79 Å². The predicted molar refractivity (Wildman–Crippen MR) is 139 cm³/mol. The molecule has 1 unspecified atom stereocenters. The highest BCUT2D eigenvalue weighted by Gasteiger charge is 2.34. The molecule has 0 spiro atoms. The van der Waals surface area contributed by atoms with E-state index in [0.29, 0.717) is 18.8 Å². The topological polar surface area (TPSA) is 102 Å². The van der Waals surface area contributed by atoms with Crippen molar-refractivity contribution in [1.29, 1.82) is 0 Å². The summed E-state index contributed by atoms with van der Waals surface area (Å²) in [5.74, 6) is -0.363. The largest absolute Gasteiger partial charge is 0.496 e. The molecule has 2 aromatic heterocycles. The third kappa shape index (κ3) is 5.16. The summed E-state index contributed by atoms with van der Waals surface area (Å²) in [6, 6.07) is 5.48. The quantitative estimate of drug-likeness (QED) is 0.440. The highest BCUT2D eigenvalue weighted by atomic mass is 16.5. The van der Waals surface area contributed by atoms with Crippen molar-refractivity contribution in [1.82, 2.24) is 14.3 Å². The molecule has 0 fully saturated rings. The van der Waals surface area contributed by atoms with Crippen molar-refractivity contribution in [3.8, 4) is 28.1 Å². The van der Waals surface area contributed by atoms with Crippen LogP contribution in [0.2, 0.25) is 0 Å². The van der Waals surface area contributed by atoms with Crippen LogP contribution in [0.25, 0.3) is 22.4 Å². The van der Waals surface area contributed by atoms with E-state index in [2.05, 4.69) is 31.9 Å². The molecule has 0 saturated carbocycles. The second-order valence-electron chi connectivity index (χ2n) is 10.1. The molecule has 3 heterocycles. The van der Waals surface area contributed by atoms with Gasteiger partial charge < -0.3 is 18.8 Å². The maximum atomic E-state index is 13.0. The van der Waals surface area contributed by atoms with E-state index in [1.54, 1.807) is 39.5 Å². The lowest BCUT2D eigenvalue weighted by molar-refractivity contribution is -0.144. The molecule has 0 radical (unpaired) electrons. The lowest BCUT2D eigenvalue weighted by Crippen LogP contribution is -2.33. The lowest BCUT2D eigenvalue weighted by Gasteiger charge is -2.39. The zero-order valence-corrected chi connectivity index (χ0v) is 22.2. The van der Waals surface area contributed by atoms with E-state index >= 15 is 0 Å². The number of pyridine rings is 1. The van der Waals surface area contributed by atoms with Gasteiger partial charge in [-0.2, -0.15) is 5.10 Å². The van der Waals surface area contributed by atoms with Crippen molar-refractivity contribution >= 4 is 11.9 Å². The van der Waals surface area contributed by atoms with Crippen molar-refractivity contribution in [3.63, 3.8) is 0 Å². The number of rotatable bonds is 7. The third-order valence-corrected chi connectivity index (χ3v) is 6.57. The lowest BCUT2D eigenvalue weighted by atomic mass is 9.78. The second kappa shape index (κ2) is 10.2. The van der Waals surface area contributed by atoms with Crippen LogP contribution in [0.5, 0.6) is 5.75 Å². The van der Waals surface area contributed by atoms with Crippen LogP contribution in [0, 0.1) is 5.41 Å². The Morgan fingerprint density at radius 2 is 1.78 bits per heavy atom. The molecule has 196 valence electrons. The van der Waals surface area contributed by atoms with Crippen LogP contribution in [0.15, 0.2) is 41.6 Å². The van der Waals surface area contributed by atoms with Crippen molar-refractivity contribution < 1.29 is 23.8 Å². The Morgan fingerprint density at radius 1 is 1.05 bits per heavy atom. The maximum absolute atomic E-state index is 13.0. The number of hydrogen-bond donors (Lipinski definition) is 0. The summed E-state index contributed by atoms with van der Waals surface area (Å²) in [5.41, 5.74) is 3.76. The second-order valence-corrected chi connectivity index (χ2v) is 10.1. The summed E-state index contributed by atoms with van der Waals surface area (Å²) in [6.45, 7) is 10.4. The average molecular weight is 508 g/mol. The Hall–Kier alpha value is -3.88. The maximum Gasteiger partial charge on any atom is 0.343 e. The van der Waals surface area contributed by atoms with Crippen LogP contribution in [0.1, 0.15) is 56.6 Å². The molecular formula is C28H33N3O6. The molecule has 1 atom stereocenters. The van der Waals surface area contributed by atoms with Gasteiger partial charge in [-0.15, -0.1) is 0 Å². The standard InChI is InChI=1S/C28H33N3O6/c1-7-36-26(33)16-30-14-18(13-29-30)20-9-17-10-25(28(3,4)5)31-15-21(27(34)37-8-2)23(32)12-22(31)19(17)11-24(20)35-6/h9,11-15,25H,7-8,10,16H2,1-6H3. The first-order chi connectivity index (χ1) is 17.6. The fourth-order valence-corrected chi connectivity index (χ4v) is 4.77. The van der Waals surface area contributed by atoms with E-state index in [9.17, 15) is 14.4 Å². The van der Waals surface area contributed by atoms with E-state index in [1.165, 1.54) is 10.7 Å². The number of hydrogen-bond acceptors (Lipinski definition) is 7. The van der Waals surface area contributed by atoms with E-state index in [4.69, 9.17) is 14.2 Å². The molecule has 0 aliphatic carbocycles. The Bertz CT molecular complexity index is 1400. The zero-order chi connectivity index (χ0) is 26.9. The summed E-state index contributed by atoms with van der Waals surface area (Å²) in [5, 5.41) is 4.32. The fourth-order valence-electron chi connectivity index (χ4n) is 4.77. The molecule has 3 aromatic rings. The smallest absolute Gasteiger partial charge is 0.343 e.